The molecule has 1 aliphatic carbocycles. The summed E-state index contributed by atoms with van der Waals surface area (Å²) in [6.45, 7) is 1.88. The van der Waals surface area contributed by atoms with Crippen LogP contribution in [0.4, 0.5) is 0 Å². The topological polar surface area (TPSA) is 83.9 Å². The van der Waals surface area contributed by atoms with Crippen LogP contribution >= 0.6 is 11.6 Å². The van der Waals surface area contributed by atoms with Crippen molar-refractivity contribution in [3.63, 3.8) is 0 Å². The van der Waals surface area contributed by atoms with E-state index in [1.807, 2.05) is 13.0 Å². The van der Waals surface area contributed by atoms with Gasteiger partial charge in [0.25, 0.3) is 0 Å². The van der Waals surface area contributed by atoms with Gasteiger partial charge in [-0.3, -0.25) is 0 Å². The van der Waals surface area contributed by atoms with Crippen molar-refractivity contribution < 1.29 is 8.42 Å². The summed E-state index contributed by atoms with van der Waals surface area (Å²) < 4.78 is 25.7. The first-order valence-corrected chi connectivity index (χ1v) is 8.99. The maximum absolute atomic E-state index is 12.9. The Kier molecular flexibility index (Phi) is 3.72. The normalized spacial score (nSPS) is 26.5. The number of hydrogen-bond acceptors (Lipinski definition) is 4. The first-order valence-electron chi connectivity index (χ1n) is 7.07. The number of halogens is 1. The number of nitrogens with two attached hydrogens (primary N) is 1. The summed E-state index contributed by atoms with van der Waals surface area (Å²) in [5.74, 6) is -0.559. The van der Waals surface area contributed by atoms with Crippen LogP contribution in [0.5, 0.6) is 0 Å². The summed E-state index contributed by atoms with van der Waals surface area (Å²) >= 11 is 5.86. The van der Waals surface area contributed by atoms with Crippen molar-refractivity contribution >= 4 is 21.4 Å². The van der Waals surface area contributed by atoms with E-state index in [1.54, 1.807) is 48.5 Å². The number of nitriles is 1. The van der Waals surface area contributed by atoms with Crippen molar-refractivity contribution in [1.29, 1.82) is 5.26 Å². The van der Waals surface area contributed by atoms with Gasteiger partial charge in [0.15, 0.2) is 9.84 Å². The zero-order valence-corrected chi connectivity index (χ0v) is 14.0. The van der Waals surface area contributed by atoms with E-state index in [2.05, 4.69) is 0 Å². The van der Waals surface area contributed by atoms with Gasteiger partial charge in [0.2, 0.25) is 0 Å². The Morgan fingerprint density at radius 2 is 1.70 bits per heavy atom. The molecule has 1 fully saturated rings. The second-order valence-electron chi connectivity index (χ2n) is 5.85. The molecule has 0 aromatic heterocycles. The summed E-state index contributed by atoms with van der Waals surface area (Å²) in [4.78, 5) is 0.189. The van der Waals surface area contributed by atoms with E-state index in [9.17, 15) is 13.7 Å². The minimum Gasteiger partial charge on any atom is -0.312 e. The fraction of sp³-hybridized carbons (Fsp3) is 0.235. The summed E-state index contributed by atoms with van der Waals surface area (Å²) in [6.07, 6.45) is 0. The van der Waals surface area contributed by atoms with Crippen LogP contribution < -0.4 is 5.73 Å². The van der Waals surface area contributed by atoms with Crippen LogP contribution in [0.3, 0.4) is 0 Å². The van der Waals surface area contributed by atoms with Gasteiger partial charge in [0, 0.05) is 10.9 Å². The van der Waals surface area contributed by atoms with Gasteiger partial charge in [-0.2, -0.15) is 5.26 Å². The lowest BCUT2D eigenvalue weighted by Gasteiger charge is -2.05. The van der Waals surface area contributed by atoms with E-state index in [-0.39, 0.29) is 4.90 Å². The summed E-state index contributed by atoms with van der Waals surface area (Å²) in [5.41, 5.74) is 6.34. The highest BCUT2D eigenvalue weighted by Crippen LogP contribution is 2.55. The second kappa shape index (κ2) is 5.34. The third kappa shape index (κ3) is 2.53. The molecule has 3 atom stereocenters. The molecule has 2 aromatic rings. The minimum absolute atomic E-state index is 0.189. The fourth-order valence-electron chi connectivity index (χ4n) is 2.94. The average Bonchev–Trinajstić information content (AvgIpc) is 3.16. The van der Waals surface area contributed by atoms with Crippen molar-refractivity contribution in [3.05, 3.63) is 64.7 Å². The molecule has 0 spiro atoms. The predicted molar refractivity (Wildman–Crippen MR) is 88.9 cm³/mol. The third-order valence-electron chi connectivity index (χ3n) is 4.29. The van der Waals surface area contributed by atoms with Crippen molar-refractivity contribution in [2.75, 3.05) is 0 Å². The van der Waals surface area contributed by atoms with Gasteiger partial charge in [-0.15, -0.1) is 0 Å². The summed E-state index contributed by atoms with van der Waals surface area (Å²) in [5, 5.41) is 9.00. The Balaban J connectivity index is 2.03. The van der Waals surface area contributed by atoms with Gasteiger partial charge in [-0.05, 0) is 36.8 Å². The number of sulfone groups is 1. The van der Waals surface area contributed by atoms with Crippen LogP contribution in [-0.2, 0) is 9.84 Å². The Bertz CT molecular complexity index is 886. The van der Waals surface area contributed by atoms with Crippen molar-refractivity contribution in [2.24, 2.45) is 5.73 Å². The minimum atomic E-state index is -3.69. The first kappa shape index (κ1) is 16.0. The van der Waals surface area contributed by atoms with Gasteiger partial charge >= 0.3 is 0 Å². The zero-order valence-electron chi connectivity index (χ0n) is 12.4. The lowest BCUT2D eigenvalue weighted by molar-refractivity contribution is 0.592. The second-order valence-corrected chi connectivity index (χ2v) is 8.36. The van der Waals surface area contributed by atoms with E-state index >= 15 is 0 Å². The highest BCUT2D eigenvalue weighted by atomic mass is 35.5. The first-order chi connectivity index (χ1) is 10.8. The number of hydrogen-bond donors (Lipinski definition) is 1. The molecule has 1 saturated carbocycles. The molecular weight excluding hydrogens is 332 g/mol. The average molecular weight is 347 g/mol. The molecular formula is C17H15ClN2O2S. The van der Waals surface area contributed by atoms with Gasteiger partial charge in [-0.1, -0.05) is 41.4 Å². The van der Waals surface area contributed by atoms with Gasteiger partial charge in [0.05, 0.1) is 11.0 Å². The maximum Gasteiger partial charge on any atom is 0.184 e. The van der Waals surface area contributed by atoms with Crippen molar-refractivity contribution in [2.45, 2.75) is 28.5 Å². The highest BCUT2D eigenvalue weighted by Gasteiger charge is 2.70. The highest BCUT2D eigenvalue weighted by molar-refractivity contribution is 7.92. The predicted octanol–water partition coefficient (Wildman–Crippen LogP) is 2.81. The molecule has 6 heteroatoms. The van der Waals surface area contributed by atoms with E-state index in [4.69, 9.17) is 17.3 Å². The monoisotopic (exact) mass is 346 g/mol. The molecule has 0 heterocycles. The fourth-order valence-corrected chi connectivity index (χ4v) is 5.25. The van der Waals surface area contributed by atoms with Crippen LogP contribution in [0.1, 0.15) is 17.0 Å². The molecule has 2 aromatic carbocycles. The molecule has 118 valence electrons. The van der Waals surface area contributed by atoms with Crippen LogP contribution in [0, 0.1) is 18.3 Å². The van der Waals surface area contributed by atoms with Crippen LogP contribution in [-0.4, -0.2) is 19.2 Å². The Hall–Kier alpha value is -1.87. The SMILES string of the molecule is Cc1ccc(S(=O)(=O)[C@@H]2[C@H](c3ccc(Cl)cc3)[C@]2(N)C#N)cc1. The Labute approximate surface area is 140 Å². The molecule has 0 amide bonds. The van der Waals surface area contributed by atoms with E-state index in [0.29, 0.717) is 10.6 Å². The van der Waals surface area contributed by atoms with E-state index < -0.39 is 26.5 Å². The van der Waals surface area contributed by atoms with Gasteiger partial charge in [-0.25, -0.2) is 8.42 Å². The molecule has 0 radical (unpaired) electrons. The molecule has 0 aliphatic heterocycles. The standard InChI is InChI=1S/C17H15ClN2O2S/c1-11-2-8-14(9-3-11)23(21,22)16-15(17(16,20)10-19)12-4-6-13(18)7-5-12/h2-9,15-16H,20H2,1H3/t15-,16+,17+/m0/s1. The lowest BCUT2D eigenvalue weighted by atomic mass is 10.1. The molecule has 2 N–H and O–H groups in total. The van der Waals surface area contributed by atoms with Gasteiger partial charge < -0.3 is 5.73 Å². The van der Waals surface area contributed by atoms with Crippen molar-refractivity contribution in [3.8, 4) is 6.07 Å². The molecule has 3 rings (SSSR count). The summed E-state index contributed by atoms with van der Waals surface area (Å²) in [6, 6.07) is 15.3. The van der Waals surface area contributed by atoms with Crippen LogP contribution in [0.2, 0.25) is 5.02 Å². The molecule has 0 unspecified atom stereocenters. The number of rotatable bonds is 3. The molecule has 1 aliphatic rings. The summed E-state index contributed by atoms with van der Waals surface area (Å²) in [7, 11) is -3.69. The van der Waals surface area contributed by atoms with E-state index in [1.165, 1.54) is 0 Å². The Morgan fingerprint density at radius 1 is 1.13 bits per heavy atom. The third-order valence-corrected chi connectivity index (χ3v) is 6.80. The van der Waals surface area contributed by atoms with Crippen molar-refractivity contribution in [1.82, 2.24) is 0 Å². The smallest absolute Gasteiger partial charge is 0.184 e. The molecule has 23 heavy (non-hydrogen) atoms. The number of nitrogens with zero attached hydrogens (tertiary/aromatic N) is 1. The molecule has 4 nitrogen and oxygen atoms in total. The quantitative estimate of drug-likeness (QED) is 0.926. The molecule has 0 bridgehead atoms. The molecule has 0 saturated heterocycles. The van der Waals surface area contributed by atoms with E-state index in [0.717, 1.165) is 5.56 Å². The van der Waals surface area contributed by atoms with Gasteiger partial charge in [0.1, 0.15) is 10.8 Å². The lowest BCUT2D eigenvalue weighted by Crippen LogP contribution is -2.29. The Morgan fingerprint density at radius 3 is 2.22 bits per heavy atom. The number of aryl methyl sites for hydroxylation is 1. The zero-order chi connectivity index (χ0) is 16.8. The number of benzene rings is 2. The largest absolute Gasteiger partial charge is 0.312 e. The van der Waals surface area contributed by atoms with Crippen LogP contribution in [0.25, 0.3) is 0 Å². The van der Waals surface area contributed by atoms with Crippen LogP contribution in [0.15, 0.2) is 53.4 Å². The maximum atomic E-state index is 12.9.